The van der Waals surface area contributed by atoms with Crippen LogP contribution in [0.5, 0.6) is 0 Å². The number of benzene rings is 1. The van der Waals surface area contributed by atoms with E-state index >= 15 is 0 Å². The van der Waals surface area contributed by atoms with Gasteiger partial charge in [-0.15, -0.1) is 0 Å². The molecular weight excluding hydrogens is 397 g/mol. The molecule has 30 heavy (non-hydrogen) atoms. The van der Waals surface area contributed by atoms with Crippen LogP contribution in [0.4, 0.5) is 13.2 Å². The first kappa shape index (κ1) is 22.3. The van der Waals surface area contributed by atoms with Gasteiger partial charge < -0.3 is 9.72 Å². The summed E-state index contributed by atoms with van der Waals surface area (Å²) >= 11 is 0. The number of aromatic nitrogens is 2. The standard InChI is InChI=1S/C22H27F3N2O3/c1-14-6-8-16(9-7-14)19-18(20(28)27(10-11-30-2)21(29)26-19)13-15-4-3-5-17(12-15)22(23,24)25/h3-5,12,14,16H,6-11,13H2,1-2H3,(H,26,29). The van der Waals surface area contributed by atoms with Crippen molar-refractivity contribution in [1.82, 2.24) is 9.55 Å². The summed E-state index contributed by atoms with van der Waals surface area (Å²) in [6.07, 6.45) is -0.761. The minimum absolute atomic E-state index is 0.0273. The number of ether oxygens (including phenoxy) is 1. The summed E-state index contributed by atoms with van der Waals surface area (Å²) in [6.45, 7) is 2.44. The quantitative estimate of drug-likeness (QED) is 0.760. The molecule has 0 radical (unpaired) electrons. The van der Waals surface area contributed by atoms with Crippen LogP contribution in [-0.2, 0) is 23.9 Å². The van der Waals surface area contributed by atoms with Crippen molar-refractivity contribution in [2.45, 2.75) is 57.7 Å². The van der Waals surface area contributed by atoms with Crippen LogP contribution in [0.1, 0.15) is 60.9 Å². The molecule has 3 rings (SSSR count). The second-order valence-electron chi connectivity index (χ2n) is 8.10. The van der Waals surface area contributed by atoms with E-state index in [0.717, 1.165) is 42.4 Å². The molecule has 5 nitrogen and oxygen atoms in total. The molecule has 1 saturated carbocycles. The molecule has 1 heterocycles. The Hall–Kier alpha value is -2.35. The van der Waals surface area contributed by atoms with Crippen LogP contribution in [0, 0.1) is 5.92 Å². The highest BCUT2D eigenvalue weighted by atomic mass is 19.4. The predicted octanol–water partition coefficient (Wildman–Crippen LogP) is 4.09. The van der Waals surface area contributed by atoms with E-state index in [1.807, 2.05) is 0 Å². The van der Waals surface area contributed by atoms with Gasteiger partial charge in [-0.25, -0.2) is 4.79 Å². The van der Waals surface area contributed by atoms with Crippen molar-refractivity contribution in [3.63, 3.8) is 0 Å². The molecule has 1 aliphatic carbocycles. The molecule has 1 N–H and O–H groups in total. The number of rotatable bonds is 6. The average molecular weight is 424 g/mol. The van der Waals surface area contributed by atoms with Gasteiger partial charge in [-0.1, -0.05) is 38.0 Å². The number of halogens is 3. The highest BCUT2D eigenvalue weighted by Gasteiger charge is 2.31. The highest BCUT2D eigenvalue weighted by molar-refractivity contribution is 5.33. The summed E-state index contributed by atoms with van der Waals surface area (Å²) in [4.78, 5) is 28.6. The van der Waals surface area contributed by atoms with E-state index in [1.54, 1.807) is 6.07 Å². The Morgan fingerprint density at radius 1 is 1.17 bits per heavy atom. The van der Waals surface area contributed by atoms with Gasteiger partial charge in [0, 0.05) is 24.8 Å². The second kappa shape index (κ2) is 9.20. The molecule has 1 aromatic heterocycles. The molecule has 8 heteroatoms. The number of H-pyrrole nitrogens is 1. The number of methoxy groups -OCH3 is 1. The normalized spacial score (nSPS) is 19.8. The summed E-state index contributed by atoms with van der Waals surface area (Å²) in [5, 5.41) is 0. The van der Waals surface area contributed by atoms with Crippen LogP contribution in [0.15, 0.2) is 33.9 Å². The molecule has 0 amide bonds. The molecule has 1 aliphatic rings. The van der Waals surface area contributed by atoms with Crippen molar-refractivity contribution in [2.75, 3.05) is 13.7 Å². The van der Waals surface area contributed by atoms with Crippen LogP contribution in [-0.4, -0.2) is 23.3 Å². The lowest BCUT2D eigenvalue weighted by atomic mass is 9.80. The van der Waals surface area contributed by atoms with E-state index in [4.69, 9.17) is 4.74 Å². The molecule has 1 fully saturated rings. The summed E-state index contributed by atoms with van der Waals surface area (Å²) in [5.41, 5.74) is -0.386. The zero-order chi connectivity index (χ0) is 21.9. The van der Waals surface area contributed by atoms with Crippen LogP contribution < -0.4 is 11.2 Å². The zero-order valence-corrected chi connectivity index (χ0v) is 17.2. The monoisotopic (exact) mass is 424 g/mol. The van der Waals surface area contributed by atoms with Crippen molar-refractivity contribution in [2.24, 2.45) is 5.92 Å². The molecule has 0 unspecified atom stereocenters. The molecule has 0 aliphatic heterocycles. The van der Waals surface area contributed by atoms with Crippen molar-refractivity contribution < 1.29 is 17.9 Å². The zero-order valence-electron chi connectivity index (χ0n) is 17.2. The van der Waals surface area contributed by atoms with Gasteiger partial charge in [0.15, 0.2) is 0 Å². The van der Waals surface area contributed by atoms with Gasteiger partial charge in [0.2, 0.25) is 0 Å². The lowest BCUT2D eigenvalue weighted by molar-refractivity contribution is -0.137. The van der Waals surface area contributed by atoms with Crippen molar-refractivity contribution in [3.8, 4) is 0 Å². The van der Waals surface area contributed by atoms with Crippen LogP contribution in [0.3, 0.4) is 0 Å². The minimum atomic E-state index is -4.46. The summed E-state index contributed by atoms with van der Waals surface area (Å²) in [5.74, 6) is 0.612. The number of nitrogens with zero attached hydrogens (tertiary/aromatic N) is 1. The topological polar surface area (TPSA) is 64.1 Å². The molecule has 0 saturated heterocycles. The largest absolute Gasteiger partial charge is 0.416 e. The minimum Gasteiger partial charge on any atom is -0.383 e. The van der Waals surface area contributed by atoms with E-state index < -0.39 is 23.0 Å². The maximum absolute atomic E-state index is 13.2. The molecule has 0 spiro atoms. The van der Waals surface area contributed by atoms with Crippen molar-refractivity contribution in [3.05, 3.63) is 67.5 Å². The lowest BCUT2D eigenvalue weighted by Gasteiger charge is -2.27. The van der Waals surface area contributed by atoms with Gasteiger partial charge in [0.25, 0.3) is 5.56 Å². The summed E-state index contributed by atoms with van der Waals surface area (Å²) in [7, 11) is 1.47. The molecular formula is C22H27F3N2O3. The third-order valence-electron chi connectivity index (χ3n) is 5.89. The first-order valence-corrected chi connectivity index (χ1v) is 10.2. The summed E-state index contributed by atoms with van der Waals surface area (Å²) < 4.78 is 45.4. The fourth-order valence-electron chi connectivity index (χ4n) is 4.14. The molecule has 2 aromatic rings. The fourth-order valence-corrected chi connectivity index (χ4v) is 4.14. The molecule has 0 bridgehead atoms. The Balaban J connectivity index is 2.06. The van der Waals surface area contributed by atoms with E-state index in [1.165, 1.54) is 13.2 Å². The fraction of sp³-hybridized carbons (Fsp3) is 0.545. The third-order valence-corrected chi connectivity index (χ3v) is 5.89. The molecule has 1 aromatic carbocycles. The van der Waals surface area contributed by atoms with Gasteiger partial charge in [0.1, 0.15) is 0 Å². The Morgan fingerprint density at radius 2 is 1.87 bits per heavy atom. The van der Waals surface area contributed by atoms with Gasteiger partial charge in [-0.2, -0.15) is 13.2 Å². The van der Waals surface area contributed by atoms with Crippen LogP contribution >= 0.6 is 0 Å². The van der Waals surface area contributed by atoms with Crippen LogP contribution in [0.2, 0.25) is 0 Å². The van der Waals surface area contributed by atoms with Crippen LogP contribution in [0.25, 0.3) is 0 Å². The van der Waals surface area contributed by atoms with Gasteiger partial charge in [-0.05, 0) is 36.3 Å². The molecule has 0 atom stereocenters. The Kier molecular flexibility index (Phi) is 6.85. The number of nitrogens with one attached hydrogen (secondary N) is 1. The lowest BCUT2D eigenvalue weighted by Crippen LogP contribution is -2.40. The number of aromatic amines is 1. The Morgan fingerprint density at radius 3 is 2.50 bits per heavy atom. The van der Waals surface area contributed by atoms with Gasteiger partial charge in [-0.3, -0.25) is 9.36 Å². The summed E-state index contributed by atoms with van der Waals surface area (Å²) in [6, 6.07) is 4.99. The highest BCUT2D eigenvalue weighted by Crippen LogP contribution is 2.36. The predicted molar refractivity (Wildman–Crippen MR) is 108 cm³/mol. The number of hydrogen-bond donors (Lipinski definition) is 1. The Labute approximate surface area is 172 Å². The average Bonchev–Trinajstić information content (AvgIpc) is 2.70. The van der Waals surface area contributed by atoms with E-state index in [-0.39, 0.29) is 25.5 Å². The van der Waals surface area contributed by atoms with Gasteiger partial charge >= 0.3 is 11.9 Å². The van der Waals surface area contributed by atoms with Crippen molar-refractivity contribution in [1.29, 1.82) is 0 Å². The third kappa shape index (κ3) is 5.03. The second-order valence-corrected chi connectivity index (χ2v) is 8.10. The molecule has 164 valence electrons. The van der Waals surface area contributed by atoms with E-state index in [0.29, 0.717) is 22.7 Å². The maximum atomic E-state index is 13.2. The maximum Gasteiger partial charge on any atom is 0.416 e. The van der Waals surface area contributed by atoms with E-state index in [2.05, 4.69) is 11.9 Å². The van der Waals surface area contributed by atoms with Crippen molar-refractivity contribution >= 4 is 0 Å². The first-order valence-electron chi connectivity index (χ1n) is 10.2. The number of alkyl halides is 3. The van der Waals surface area contributed by atoms with Gasteiger partial charge in [0.05, 0.1) is 18.7 Å². The smallest absolute Gasteiger partial charge is 0.383 e. The first-order chi connectivity index (χ1) is 14.2. The SMILES string of the molecule is COCCn1c(=O)[nH]c(C2CCC(C)CC2)c(Cc2cccc(C(F)(F)F)c2)c1=O. The van der Waals surface area contributed by atoms with E-state index in [9.17, 15) is 22.8 Å². The number of hydrogen-bond acceptors (Lipinski definition) is 3. The Bertz CT molecular complexity index is 986.